The van der Waals surface area contributed by atoms with Crippen molar-refractivity contribution in [3.63, 3.8) is 0 Å². The smallest absolute Gasteiger partial charge is 0.140 e. The summed E-state index contributed by atoms with van der Waals surface area (Å²) in [5.74, 6) is 0.254. The molecule has 1 saturated heterocycles. The SMILES string of the molecule is COC1CN(CCC(N)=NO)CC1OC. The summed E-state index contributed by atoms with van der Waals surface area (Å²) in [5.41, 5.74) is 5.40. The molecule has 0 radical (unpaired) electrons. The van der Waals surface area contributed by atoms with Gasteiger partial charge in [0.25, 0.3) is 0 Å². The Labute approximate surface area is 89.6 Å². The maximum absolute atomic E-state index is 8.40. The summed E-state index contributed by atoms with van der Waals surface area (Å²) in [6.07, 6.45) is 0.785. The minimum absolute atomic E-state index is 0.113. The first-order valence-corrected chi connectivity index (χ1v) is 4.95. The molecule has 0 aromatic carbocycles. The van der Waals surface area contributed by atoms with Crippen LogP contribution in [0.5, 0.6) is 0 Å². The van der Waals surface area contributed by atoms with Crippen LogP contribution in [-0.4, -0.2) is 62.0 Å². The van der Waals surface area contributed by atoms with Crippen LogP contribution in [0.25, 0.3) is 0 Å². The van der Waals surface area contributed by atoms with Crippen LogP contribution in [0.2, 0.25) is 0 Å². The molecule has 1 fully saturated rings. The molecular formula is C9H19N3O3. The van der Waals surface area contributed by atoms with E-state index in [0.717, 1.165) is 19.6 Å². The fourth-order valence-corrected chi connectivity index (χ4v) is 1.78. The molecule has 0 aromatic rings. The Morgan fingerprint density at radius 3 is 2.33 bits per heavy atom. The summed E-state index contributed by atoms with van der Waals surface area (Å²) in [7, 11) is 3.37. The van der Waals surface area contributed by atoms with E-state index in [0.29, 0.717) is 6.42 Å². The first-order valence-electron chi connectivity index (χ1n) is 4.95. The van der Waals surface area contributed by atoms with Gasteiger partial charge in [0.2, 0.25) is 0 Å². The van der Waals surface area contributed by atoms with Crippen molar-refractivity contribution in [3.05, 3.63) is 0 Å². The minimum atomic E-state index is 0.113. The first kappa shape index (κ1) is 12.2. The van der Waals surface area contributed by atoms with Crippen molar-refractivity contribution in [2.24, 2.45) is 10.9 Å². The summed E-state index contributed by atoms with van der Waals surface area (Å²) in [6.45, 7) is 2.41. The molecule has 6 nitrogen and oxygen atoms in total. The van der Waals surface area contributed by atoms with Crippen molar-refractivity contribution in [1.82, 2.24) is 4.90 Å². The molecule has 3 N–H and O–H groups in total. The van der Waals surface area contributed by atoms with Gasteiger partial charge in [0.15, 0.2) is 0 Å². The molecule has 2 unspecified atom stereocenters. The molecule has 0 bridgehead atoms. The van der Waals surface area contributed by atoms with Crippen LogP contribution in [0.1, 0.15) is 6.42 Å². The van der Waals surface area contributed by atoms with E-state index < -0.39 is 0 Å². The van der Waals surface area contributed by atoms with Crippen LogP contribution < -0.4 is 5.73 Å². The number of hydrogen-bond acceptors (Lipinski definition) is 5. The Morgan fingerprint density at radius 2 is 1.93 bits per heavy atom. The van der Waals surface area contributed by atoms with Gasteiger partial charge in [-0.2, -0.15) is 0 Å². The van der Waals surface area contributed by atoms with Crippen molar-refractivity contribution < 1.29 is 14.7 Å². The standard InChI is InChI=1S/C9H19N3O3/c1-14-7-5-12(6-8(7)15-2)4-3-9(10)11-13/h7-8,13H,3-6H2,1-2H3,(H2,10,11). The van der Waals surface area contributed by atoms with Gasteiger partial charge >= 0.3 is 0 Å². The number of rotatable bonds is 5. The average molecular weight is 217 g/mol. The van der Waals surface area contributed by atoms with E-state index in [4.69, 9.17) is 20.4 Å². The third kappa shape index (κ3) is 3.33. The van der Waals surface area contributed by atoms with E-state index in [1.807, 2.05) is 0 Å². The molecule has 1 aliphatic heterocycles. The van der Waals surface area contributed by atoms with Crippen molar-refractivity contribution in [3.8, 4) is 0 Å². The lowest BCUT2D eigenvalue weighted by Crippen LogP contribution is -2.27. The molecule has 2 atom stereocenters. The second-order valence-electron chi connectivity index (χ2n) is 3.65. The number of hydrogen-bond donors (Lipinski definition) is 2. The number of oxime groups is 1. The fraction of sp³-hybridized carbons (Fsp3) is 0.889. The highest BCUT2D eigenvalue weighted by atomic mass is 16.5. The van der Waals surface area contributed by atoms with Gasteiger partial charge in [-0.25, -0.2) is 0 Å². The largest absolute Gasteiger partial charge is 0.409 e. The van der Waals surface area contributed by atoms with E-state index in [-0.39, 0.29) is 18.0 Å². The van der Waals surface area contributed by atoms with E-state index in [9.17, 15) is 0 Å². The zero-order valence-corrected chi connectivity index (χ0v) is 9.22. The normalized spacial score (nSPS) is 28.5. The van der Waals surface area contributed by atoms with E-state index >= 15 is 0 Å². The number of ether oxygens (including phenoxy) is 2. The van der Waals surface area contributed by atoms with Crippen molar-refractivity contribution in [1.29, 1.82) is 0 Å². The van der Waals surface area contributed by atoms with E-state index in [1.54, 1.807) is 14.2 Å². The van der Waals surface area contributed by atoms with Crippen molar-refractivity contribution >= 4 is 5.84 Å². The molecule has 6 heteroatoms. The topological polar surface area (TPSA) is 80.3 Å². The number of nitrogens with zero attached hydrogens (tertiary/aromatic N) is 2. The van der Waals surface area contributed by atoms with Gasteiger partial charge in [-0.15, -0.1) is 0 Å². The molecule has 0 aliphatic carbocycles. The molecule has 1 aliphatic rings. The summed E-state index contributed by atoms with van der Waals surface area (Å²) in [6, 6.07) is 0. The van der Waals surface area contributed by atoms with Crippen LogP contribution in [0, 0.1) is 0 Å². The van der Waals surface area contributed by atoms with Gasteiger partial charge in [0.05, 0.1) is 12.2 Å². The van der Waals surface area contributed by atoms with Crippen LogP contribution in [0.4, 0.5) is 0 Å². The van der Waals surface area contributed by atoms with E-state index in [1.165, 1.54) is 0 Å². The number of methoxy groups -OCH3 is 2. The Hall–Kier alpha value is -0.850. The van der Waals surface area contributed by atoms with Gasteiger partial charge in [-0.1, -0.05) is 5.16 Å². The van der Waals surface area contributed by atoms with Crippen LogP contribution >= 0.6 is 0 Å². The molecule has 0 saturated carbocycles. The van der Waals surface area contributed by atoms with Gasteiger partial charge in [0.1, 0.15) is 5.84 Å². The lowest BCUT2D eigenvalue weighted by atomic mass is 10.3. The second kappa shape index (κ2) is 5.89. The molecule has 0 amide bonds. The third-order valence-electron chi connectivity index (χ3n) is 2.71. The van der Waals surface area contributed by atoms with Crippen LogP contribution in [0.15, 0.2) is 5.16 Å². The quantitative estimate of drug-likeness (QED) is 0.280. The Morgan fingerprint density at radius 1 is 1.40 bits per heavy atom. The molecule has 1 rings (SSSR count). The third-order valence-corrected chi connectivity index (χ3v) is 2.71. The summed E-state index contributed by atoms with van der Waals surface area (Å²) < 4.78 is 10.6. The summed E-state index contributed by atoms with van der Waals surface area (Å²) in [5, 5.41) is 11.3. The maximum atomic E-state index is 8.40. The fourth-order valence-electron chi connectivity index (χ4n) is 1.78. The van der Waals surface area contributed by atoms with Crippen LogP contribution in [0.3, 0.4) is 0 Å². The predicted molar refractivity (Wildman–Crippen MR) is 56.1 cm³/mol. The maximum Gasteiger partial charge on any atom is 0.140 e. The Kier molecular flexibility index (Phi) is 4.80. The predicted octanol–water partition coefficient (Wildman–Crippen LogP) is -0.531. The second-order valence-corrected chi connectivity index (χ2v) is 3.65. The Bertz CT molecular complexity index is 211. The molecule has 15 heavy (non-hydrogen) atoms. The lowest BCUT2D eigenvalue weighted by Gasteiger charge is -2.13. The highest BCUT2D eigenvalue weighted by Gasteiger charge is 2.32. The first-order chi connectivity index (χ1) is 7.21. The highest BCUT2D eigenvalue weighted by molar-refractivity contribution is 5.79. The zero-order chi connectivity index (χ0) is 11.3. The molecule has 0 aromatic heterocycles. The van der Waals surface area contributed by atoms with Crippen molar-refractivity contribution in [2.75, 3.05) is 33.9 Å². The van der Waals surface area contributed by atoms with Crippen molar-refractivity contribution in [2.45, 2.75) is 18.6 Å². The number of nitrogens with two attached hydrogens (primary N) is 1. The van der Waals surface area contributed by atoms with Gasteiger partial charge in [0, 0.05) is 40.3 Å². The molecular weight excluding hydrogens is 198 g/mol. The molecule has 0 spiro atoms. The summed E-state index contributed by atoms with van der Waals surface area (Å²) in [4.78, 5) is 2.18. The van der Waals surface area contributed by atoms with Gasteiger partial charge < -0.3 is 20.4 Å². The van der Waals surface area contributed by atoms with Gasteiger partial charge in [-0.3, -0.25) is 4.90 Å². The number of amidine groups is 1. The molecule has 88 valence electrons. The minimum Gasteiger partial charge on any atom is -0.409 e. The Balaban J connectivity index is 2.34. The summed E-state index contributed by atoms with van der Waals surface area (Å²) >= 11 is 0. The van der Waals surface area contributed by atoms with Gasteiger partial charge in [-0.05, 0) is 0 Å². The van der Waals surface area contributed by atoms with E-state index in [2.05, 4.69) is 10.1 Å². The molecule has 1 heterocycles. The zero-order valence-electron chi connectivity index (χ0n) is 9.22. The number of likely N-dealkylation sites (tertiary alicyclic amines) is 1. The highest BCUT2D eigenvalue weighted by Crippen LogP contribution is 2.15. The lowest BCUT2D eigenvalue weighted by molar-refractivity contribution is -0.00461. The average Bonchev–Trinajstić information content (AvgIpc) is 2.68. The monoisotopic (exact) mass is 217 g/mol. The van der Waals surface area contributed by atoms with Crippen LogP contribution in [-0.2, 0) is 9.47 Å².